The maximum atomic E-state index is 2.54. The maximum absolute atomic E-state index is 2.54. The van der Waals surface area contributed by atoms with Gasteiger partial charge in [0.25, 0.3) is 0 Å². The molecular weight excluding hydrogens is 801 g/mol. The van der Waals surface area contributed by atoms with Crippen molar-refractivity contribution >= 4 is 96.8 Å². The number of fused-ring (bicyclic) bond motifs is 2. The molecule has 1 atom stereocenters. The fourth-order valence-corrected chi connectivity index (χ4v) is 17.5. The summed E-state index contributed by atoms with van der Waals surface area (Å²) >= 11 is 0. The van der Waals surface area contributed by atoms with Crippen LogP contribution in [0.15, 0.2) is 205 Å². The van der Waals surface area contributed by atoms with E-state index in [0.717, 1.165) is 6.42 Å². The summed E-state index contributed by atoms with van der Waals surface area (Å²) in [7, 11) is -4.17. The molecule has 0 saturated heterocycles. The summed E-state index contributed by atoms with van der Waals surface area (Å²) in [5.41, 5.74) is 12.6. The quantitative estimate of drug-likeness (QED) is 0.0888. The van der Waals surface area contributed by atoms with Crippen LogP contribution in [-0.4, -0.2) is 16.1 Å². The van der Waals surface area contributed by atoms with E-state index in [4.69, 9.17) is 0 Å². The van der Waals surface area contributed by atoms with E-state index in [1.807, 2.05) is 0 Å². The van der Waals surface area contributed by atoms with Crippen molar-refractivity contribution in [2.24, 2.45) is 0 Å². The van der Waals surface area contributed by atoms with Crippen LogP contribution in [0.1, 0.15) is 22.6 Å². The summed E-state index contributed by atoms with van der Waals surface area (Å²) in [5, 5.41) is 19.3. The molecule has 64 heavy (non-hydrogen) atoms. The lowest BCUT2D eigenvalue weighted by Gasteiger charge is -2.36. The van der Waals surface area contributed by atoms with E-state index in [1.165, 1.54) is 114 Å². The Kier molecular flexibility index (Phi) is 8.14. The highest BCUT2D eigenvalue weighted by Gasteiger charge is 2.36. The molecule has 0 N–H and O–H groups in total. The summed E-state index contributed by atoms with van der Waals surface area (Å²) in [5.74, 6) is 0.377. The van der Waals surface area contributed by atoms with Gasteiger partial charge in [-0.1, -0.05) is 237 Å². The van der Waals surface area contributed by atoms with Gasteiger partial charge in [0.05, 0.1) is 0 Å². The molecule has 0 saturated carbocycles. The van der Waals surface area contributed by atoms with Crippen molar-refractivity contribution in [2.45, 2.75) is 38.5 Å². The fraction of sp³-hybridized carbons (Fsp3) is 0.0968. The van der Waals surface area contributed by atoms with Crippen molar-refractivity contribution in [3.8, 4) is 22.3 Å². The Morgan fingerprint density at radius 1 is 0.422 bits per heavy atom. The molecular formula is C62H48Si2. The highest BCUT2D eigenvalue weighted by atomic mass is 28.3. The van der Waals surface area contributed by atoms with Gasteiger partial charge in [-0.05, 0) is 121 Å². The molecule has 3 aliphatic rings. The number of allylic oxidation sites excluding steroid dienone is 7. The van der Waals surface area contributed by atoms with Gasteiger partial charge in [0.1, 0.15) is 16.1 Å². The first kappa shape index (κ1) is 37.7. The van der Waals surface area contributed by atoms with Gasteiger partial charge in [-0.15, -0.1) is 0 Å². The molecule has 10 aromatic rings. The SMILES string of the molecule is C[Si](C)(c1ccc(-c2c3ccccc3c(-c3ccc([Si](C)(C)c4ccc5ccc6cccc7ccc4c5c67)cc3)c3ccccc23)cc1)c1ccc2c3c1C=CC1=CC=CC(=CC2)C13. The lowest BCUT2D eigenvalue weighted by Crippen LogP contribution is -2.54. The topological polar surface area (TPSA) is 0 Å². The van der Waals surface area contributed by atoms with Crippen LogP contribution in [0, 0.1) is 0 Å². The molecule has 3 aliphatic carbocycles. The van der Waals surface area contributed by atoms with Gasteiger partial charge in [-0.25, -0.2) is 0 Å². The van der Waals surface area contributed by atoms with Crippen LogP contribution in [0.4, 0.5) is 0 Å². The minimum Gasteiger partial charge on any atom is -0.0759 e. The molecule has 10 aromatic carbocycles. The van der Waals surface area contributed by atoms with E-state index in [1.54, 1.807) is 10.8 Å². The molecule has 0 aliphatic heterocycles. The first-order valence-electron chi connectivity index (χ1n) is 23.0. The predicted molar refractivity (Wildman–Crippen MR) is 283 cm³/mol. The van der Waals surface area contributed by atoms with Crippen LogP contribution >= 0.6 is 0 Å². The van der Waals surface area contributed by atoms with E-state index in [-0.39, 0.29) is 0 Å². The van der Waals surface area contributed by atoms with Gasteiger partial charge < -0.3 is 0 Å². The molecule has 0 spiro atoms. The average Bonchev–Trinajstić information content (AvgIpc) is 3.34. The van der Waals surface area contributed by atoms with Crippen LogP contribution in [0.5, 0.6) is 0 Å². The molecule has 0 fully saturated rings. The van der Waals surface area contributed by atoms with Crippen LogP contribution in [0.2, 0.25) is 26.2 Å². The third-order valence-electron chi connectivity index (χ3n) is 15.5. The van der Waals surface area contributed by atoms with Crippen LogP contribution in [-0.2, 0) is 6.42 Å². The molecule has 0 radical (unpaired) electrons. The highest BCUT2D eigenvalue weighted by Crippen LogP contribution is 2.47. The Balaban J connectivity index is 0.887. The van der Waals surface area contributed by atoms with E-state index < -0.39 is 16.1 Å². The van der Waals surface area contributed by atoms with Crippen molar-refractivity contribution in [3.05, 3.63) is 222 Å². The molecule has 13 rings (SSSR count). The zero-order valence-electron chi connectivity index (χ0n) is 36.8. The summed E-state index contributed by atoms with van der Waals surface area (Å²) in [6.07, 6.45) is 15.1. The van der Waals surface area contributed by atoms with Gasteiger partial charge in [0.15, 0.2) is 0 Å². The van der Waals surface area contributed by atoms with Crippen LogP contribution in [0.3, 0.4) is 0 Å². The lowest BCUT2D eigenvalue weighted by molar-refractivity contribution is 0.894. The Morgan fingerprint density at radius 3 is 1.56 bits per heavy atom. The van der Waals surface area contributed by atoms with Gasteiger partial charge in [-0.3, -0.25) is 0 Å². The van der Waals surface area contributed by atoms with Crippen molar-refractivity contribution in [3.63, 3.8) is 0 Å². The van der Waals surface area contributed by atoms with Gasteiger partial charge >= 0.3 is 0 Å². The number of hydrogen-bond acceptors (Lipinski definition) is 0. The van der Waals surface area contributed by atoms with Crippen LogP contribution < -0.4 is 20.7 Å². The normalized spacial score (nSPS) is 15.7. The minimum absolute atomic E-state index is 0.377. The standard InChI is InChI=1S/C62H48Si2/c1-63(2,55-37-29-45-21-19-39-11-9-13-41-27-35-53(55)61(45)57(39)41)47-31-23-43(24-32-47)59-49-15-5-7-17-51(49)60(52-18-8-6-16-50(52)59)44-25-33-48(34-26-44)64(3,4)56-38-30-46-22-20-40-12-10-14-42-28-36-54(56)62(46)58(40)42/h5-21,23-38,58H,22H2,1-4H3. The second-order valence-electron chi connectivity index (χ2n) is 19.5. The smallest absolute Gasteiger partial charge is 0.0759 e. The number of rotatable bonds is 6. The van der Waals surface area contributed by atoms with Crippen molar-refractivity contribution in [2.75, 3.05) is 0 Å². The molecule has 0 aromatic heterocycles. The molecule has 0 nitrogen and oxygen atoms in total. The minimum atomic E-state index is -2.10. The Labute approximate surface area is 377 Å². The molecule has 2 heteroatoms. The Hall–Kier alpha value is -6.85. The Bertz CT molecular complexity index is 3650. The van der Waals surface area contributed by atoms with Gasteiger partial charge in [0, 0.05) is 5.92 Å². The monoisotopic (exact) mass is 848 g/mol. The average molecular weight is 849 g/mol. The van der Waals surface area contributed by atoms with Crippen molar-refractivity contribution < 1.29 is 0 Å². The number of hydrogen-bond donors (Lipinski definition) is 0. The molecule has 1 unspecified atom stereocenters. The highest BCUT2D eigenvalue weighted by molar-refractivity contribution is 7.02. The van der Waals surface area contributed by atoms with Gasteiger partial charge in [-0.2, -0.15) is 0 Å². The zero-order valence-corrected chi connectivity index (χ0v) is 38.8. The largest absolute Gasteiger partial charge is 0.113 e. The zero-order chi connectivity index (χ0) is 42.9. The molecule has 0 heterocycles. The maximum Gasteiger partial charge on any atom is 0.113 e. The van der Waals surface area contributed by atoms with E-state index in [9.17, 15) is 0 Å². The van der Waals surface area contributed by atoms with E-state index in [2.05, 4.69) is 226 Å². The summed E-state index contributed by atoms with van der Waals surface area (Å²) < 4.78 is 0. The van der Waals surface area contributed by atoms with Crippen molar-refractivity contribution in [1.82, 2.24) is 0 Å². The molecule has 0 amide bonds. The lowest BCUT2D eigenvalue weighted by atomic mass is 9.71. The molecule has 304 valence electrons. The predicted octanol–water partition coefficient (Wildman–Crippen LogP) is 14.0. The summed E-state index contributed by atoms with van der Waals surface area (Å²) in [6, 6.07) is 63.2. The second kappa shape index (κ2) is 13.8. The molecule has 0 bridgehead atoms. The third kappa shape index (κ3) is 5.39. The van der Waals surface area contributed by atoms with Gasteiger partial charge in [0.2, 0.25) is 0 Å². The van der Waals surface area contributed by atoms with E-state index >= 15 is 0 Å². The first-order chi connectivity index (χ1) is 31.3. The van der Waals surface area contributed by atoms with Crippen LogP contribution in [0.25, 0.3) is 82.2 Å². The van der Waals surface area contributed by atoms with Crippen molar-refractivity contribution in [1.29, 1.82) is 0 Å². The Morgan fingerprint density at radius 2 is 0.953 bits per heavy atom. The fourth-order valence-electron chi connectivity index (χ4n) is 12.1. The summed E-state index contributed by atoms with van der Waals surface area (Å²) in [6.45, 7) is 10.1. The third-order valence-corrected chi connectivity index (χ3v) is 22.6. The number of benzene rings is 10. The second-order valence-corrected chi connectivity index (χ2v) is 28.2. The summed E-state index contributed by atoms with van der Waals surface area (Å²) in [4.78, 5) is 0. The van der Waals surface area contributed by atoms with E-state index in [0.29, 0.717) is 5.92 Å². The first-order valence-corrected chi connectivity index (χ1v) is 29.0.